The number of fused-ring (bicyclic) bond motifs is 6. The molecule has 0 saturated carbocycles. The number of carbonyl (C=O) groups is 1. The van der Waals surface area contributed by atoms with Crippen LogP contribution in [0.1, 0.15) is 36.4 Å². The van der Waals surface area contributed by atoms with Gasteiger partial charge in [0.15, 0.2) is 11.5 Å². The molecular weight excluding hydrogens is 374 g/mol. The Hall–Kier alpha value is -1.93. The molecule has 1 aromatic carbocycles. The van der Waals surface area contributed by atoms with Gasteiger partial charge in [-0.3, -0.25) is 9.69 Å². The fourth-order valence-electron chi connectivity index (χ4n) is 4.71. The number of piperidine rings is 3. The van der Waals surface area contributed by atoms with Gasteiger partial charge in [-0.2, -0.15) is 0 Å². The number of nitrogens with zero attached hydrogens (tertiary/aromatic N) is 1. The van der Waals surface area contributed by atoms with E-state index in [1.54, 1.807) is 12.1 Å². The Labute approximate surface area is 159 Å². The van der Waals surface area contributed by atoms with Crippen LogP contribution in [0.3, 0.4) is 0 Å². The Kier molecular flexibility index (Phi) is 3.53. The Morgan fingerprint density at radius 2 is 2.00 bits per heavy atom. The summed E-state index contributed by atoms with van der Waals surface area (Å²) in [6.45, 7) is 6.50. The van der Waals surface area contributed by atoms with Crippen LogP contribution in [0.15, 0.2) is 18.2 Å². The Morgan fingerprint density at radius 3 is 2.70 bits per heavy atom. The molecular formula is C19H20F2N2O3S. The lowest BCUT2D eigenvalue weighted by Gasteiger charge is -2.56. The number of benzene rings is 1. The van der Waals surface area contributed by atoms with Gasteiger partial charge in [0.05, 0.1) is 9.58 Å². The molecule has 1 N–H and O–H groups in total. The first-order valence-corrected chi connectivity index (χ1v) is 9.94. The molecule has 3 fully saturated rings. The monoisotopic (exact) mass is 394 g/mol. The number of hydrogen-bond donors (Lipinski definition) is 1. The molecule has 3 saturated heterocycles. The summed E-state index contributed by atoms with van der Waals surface area (Å²) < 4.78 is 36.4. The average molecular weight is 394 g/mol. The van der Waals surface area contributed by atoms with Crippen molar-refractivity contribution >= 4 is 27.3 Å². The lowest BCUT2D eigenvalue weighted by Crippen LogP contribution is -2.69. The topological polar surface area (TPSA) is 50.8 Å². The van der Waals surface area contributed by atoms with E-state index in [1.165, 1.54) is 6.07 Å². The lowest BCUT2D eigenvalue weighted by atomic mass is 9.72. The smallest absolute Gasteiger partial charge is 0.395 e. The van der Waals surface area contributed by atoms with Crippen molar-refractivity contribution < 1.29 is 23.0 Å². The van der Waals surface area contributed by atoms with Crippen LogP contribution in [0.5, 0.6) is 11.5 Å². The van der Waals surface area contributed by atoms with E-state index in [9.17, 15) is 13.6 Å². The van der Waals surface area contributed by atoms with Crippen molar-refractivity contribution in [3.8, 4) is 11.5 Å². The molecule has 144 valence electrons. The van der Waals surface area contributed by atoms with E-state index in [0.717, 1.165) is 37.3 Å². The van der Waals surface area contributed by atoms with E-state index in [4.69, 9.17) is 0 Å². The predicted molar refractivity (Wildman–Crippen MR) is 97.7 cm³/mol. The molecule has 0 spiro atoms. The molecule has 0 radical (unpaired) electrons. The van der Waals surface area contributed by atoms with E-state index < -0.39 is 6.29 Å². The molecule has 1 aromatic heterocycles. The second kappa shape index (κ2) is 5.54. The second-order valence-corrected chi connectivity index (χ2v) is 9.07. The molecule has 0 aliphatic carbocycles. The zero-order valence-corrected chi connectivity index (χ0v) is 15.9. The van der Waals surface area contributed by atoms with Crippen molar-refractivity contribution in [2.75, 3.05) is 13.1 Å². The third-order valence-corrected chi connectivity index (χ3v) is 7.30. The third-order valence-electron chi connectivity index (χ3n) is 6.15. The van der Waals surface area contributed by atoms with Gasteiger partial charge in [0.1, 0.15) is 0 Å². The molecule has 4 aliphatic heterocycles. The highest BCUT2D eigenvalue weighted by molar-refractivity contribution is 7.21. The first kappa shape index (κ1) is 17.2. The van der Waals surface area contributed by atoms with Gasteiger partial charge < -0.3 is 14.8 Å². The Bertz CT molecular complexity index is 934. The van der Waals surface area contributed by atoms with Gasteiger partial charge in [-0.05, 0) is 69.3 Å². The van der Waals surface area contributed by atoms with E-state index in [1.807, 2.05) is 0 Å². The van der Waals surface area contributed by atoms with Crippen LogP contribution in [0.2, 0.25) is 0 Å². The molecule has 8 heteroatoms. The maximum absolute atomic E-state index is 13.4. The molecule has 1 atom stereocenters. The number of alkyl halides is 2. The van der Waals surface area contributed by atoms with Gasteiger partial charge in [0.25, 0.3) is 5.91 Å². The van der Waals surface area contributed by atoms with Gasteiger partial charge in [0.2, 0.25) is 0 Å². The summed E-state index contributed by atoms with van der Waals surface area (Å²) in [5.74, 6) is 0.315. The van der Waals surface area contributed by atoms with Crippen LogP contribution in [0.25, 0.3) is 10.1 Å². The summed E-state index contributed by atoms with van der Waals surface area (Å²) in [6, 6.07) is 4.92. The molecule has 6 rings (SSSR count). The minimum absolute atomic E-state index is 0.000156. The maximum atomic E-state index is 13.4. The van der Waals surface area contributed by atoms with Crippen molar-refractivity contribution in [3.05, 3.63) is 23.1 Å². The molecule has 27 heavy (non-hydrogen) atoms. The van der Waals surface area contributed by atoms with Crippen molar-refractivity contribution in [2.45, 2.75) is 44.6 Å². The second-order valence-electron chi connectivity index (χ2n) is 8.02. The molecule has 2 aromatic rings. The van der Waals surface area contributed by atoms with Crippen LogP contribution in [-0.2, 0) is 0 Å². The minimum atomic E-state index is -3.66. The summed E-state index contributed by atoms with van der Waals surface area (Å²) in [6.07, 6.45) is -1.48. The SMILES string of the molecule is CC1(C)C(NC(=O)c2cc3ccc4c(c3s2)OC(F)(F)O4)C2CCN1CC2. The number of amides is 1. The summed E-state index contributed by atoms with van der Waals surface area (Å²) in [5.41, 5.74) is -0.0895. The summed E-state index contributed by atoms with van der Waals surface area (Å²) in [5, 5.41) is 3.90. The maximum Gasteiger partial charge on any atom is 0.586 e. The fourth-order valence-corrected chi connectivity index (χ4v) is 5.74. The number of thiophene rings is 1. The third kappa shape index (κ3) is 2.61. The van der Waals surface area contributed by atoms with Gasteiger partial charge in [-0.1, -0.05) is 0 Å². The molecule has 2 bridgehead atoms. The van der Waals surface area contributed by atoms with E-state index in [0.29, 0.717) is 20.9 Å². The molecule has 4 aliphatic rings. The summed E-state index contributed by atoms with van der Waals surface area (Å²) >= 11 is 1.16. The molecule has 1 unspecified atom stereocenters. The Morgan fingerprint density at radius 1 is 1.26 bits per heavy atom. The lowest BCUT2D eigenvalue weighted by molar-refractivity contribution is -0.286. The van der Waals surface area contributed by atoms with Crippen LogP contribution in [0.4, 0.5) is 8.78 Å². The highest BCUT2D eigenvalue weighted by Crippen LogP contribution is 2.48. The normalized spacial score (nSPS) is 29.9. The van der Waals surface area contributed by atoms with E-state index in [2.05, 4.69) is 33.5 Å². The number of nitrogens with one attached hydrogen (secondary N) is 1. The van der Waals surface area contributed by atoms with Crippen LogP contribution < -0.4 is 14.8 Å². The molecule has 5 nitrogen and oxygen atoms in total. The van der Waals surface area contributed by atoms with Gasteiger partial charge in [0, 0.05) is 11.6 Å². The van der Waals surface area contributed by atoms with Crippen LogP contribution >= 0.6 is 11.3 Å². The largest absolute Gasteiger partial charge is 0.586 e. The number of ether oxygens (including phenoxy) is 2. The first-order valence-electron chi connectivity index (χ1n) is 9.13. The zero-order chi connectivity index (χ0) is 19.0. The first-order chi connectivity index (χ1) is 12.7. The highest BCUT2D eigenvalue weighted by Gasteiger charge is 2.48. The van der Waals surface area contributed by atoms with Crippen molar-refractivity contribution in [1.82, 2.24) is 10.2 Å². The quantitative estimate of drug-likeness (QED) is 0.841. The van der Waals surface area contributed by atoms with Crippen molar-refractivity contribution in [1.29, 1.82) is 0 Å². The minimum Gasteiger partial charge on any atom is -0.395 e. The molecule has 1 amide bonds. The zero-order valence-electron chi connectivity index (χ0n) is 15.1. The summed E-state index contributed by atoms with van der Waals surface area (Å²) in [7, 11) is 0. The number of hydrogen-bond acceptors (Lipinski definition) is 5. The van der Waals surface area contributed by atoms with Gasteiger partial charge >= 0.3 is 6.29 Å². The van der Waals surface area contributed by atoms with E-state index >= 15 is 0 Å². The van der Waals surface area contributed by atoms with Crippen LogP contribution in [0, 0.1) is 5.92 Å². The Balaban J connectivity index is 1.44. The highest BCUT2D eigenvalue weighted by atomic mass is 32.1. The van der Waals surface area contributed by atoms with Gasteiger partial charge in [-0.15, -0.1) is 20.1 Å². The fraction of sp³-hybridized carbons (Fsp3) is 0.526. The van der Waals surface area contributed by atoms with E-state index in [-0.39, 0.29) is 29.0 Å². The molecule has 5 heterocycles. The average Bonchev–Trinajstić information content (AvgIpc) is 3.17. The number of carbonyl (C=O) groups excluding carboxylic acids is 1. The summed E-state index contributed by atoms with van der Waals surface area (Å²) in [4.78, 5) is 15.9. The van der Waals surface area contributed by atoms with Crippen molar-refractivity contribution in [3.63, 3.8) is 0 Å². The van der Waals surface area contributed by atoms with Crippen LogP contribution in [-0.4, -0.2) is 41.8 Å². The standard InChI is InChI=1S/C19H20F2N2O3S/c1-18(2)16(10-5-7-23(18)8-6-10)22-17(24)13-9-11-3-4-12-14(15(11)27-13)26-19(20,21)25-12/h3-4,9-10,16H,5-8H2,1-2H3,(H,22,24). The number of rotatable bonds is 2. The predicted octanol–water partition coefficient (Wildman–Crippen LogP) is 3.83. The van der Waals surface area contributed by atoms with Gasteiger partial charge in [-0.25, -0.2) is 0 Å². The number of halogens is 2. The van der Waals surface area contributed by atoms with Crippen molar-refractivity contribution in [2.24, 2.45) is 5.92 Å².